The van der Waals surface area contributed by atoms with E-state index in [1.54, 1.807) is 14.0 Å². The van der Waals surface area contributed by atoms with Crippen LogP contribution in [-0.2, 0) is 0 Å². The Hall–Kier alpha value is -2.45. The van der Waals surface area contributed by atoms with Crippen LogP contribution in [0.1, 0.15) is 15.4 Å². The Morgan fingerprint density at radius 1 is 1.30 bits per heavy atom. The molecule has 8 heteroatoms. The molecule has 0 aliphatic rings. The van der Waals surface area contributed by atoms with Crippen LogP contribution in [0.4, 0.5) is 5.13 Å². The molecule has 0 unspecified atom stereocenters. The van der Waals surface area contributed by atoms with Crippen LogP contribution in [0.5, 0.6) is 5.75 Å². The molecule has 0 saturated heterocycles. The molecule has 1 amide bonds. The number of aromatic nitrogens is 2. The van der Waals surface area contributed by atoms with Crippen LogP contribution < -0.4 is 14.9 Å². The van der Waals surface area contributed by atoms with Gasteiger partial charge in [0.1, 0.15) is 10.6 Å². The Bertz CT molecular complexity index is 893. The lowest BCUT2D eigenvalue weighted by Gasteiger charge is -2.01. The number of carbonyl (C=O) groups is 1. The van der Waals surface area contributed by atoms with Crippen molar-refractivity contribution in [2.45, 2.75) is 6.92 Å². The van der Waals surface area contributed by atoms with E-state index >= 15 is 0 Å². The van der Waals surface area contributed by atoms with E-state index in [2.05, 4.69) is 15.3 Å². The number of H-pyrrole nitrogens is 1. The van der Waals surface area contributed by atoms with Gasteiger partial charge in [0, 0.05) is 16.6 Å². The molecule has 23 heavy (non-hydrogen) atoms. The highest BCUT2D eigenvalue weighted by molar-refractivity contribution is 7.14. The third kappa shape index (κ3) is 3.33. The summed E-state index contributed by atoms with van der Waals surface area (Å²) in [7, 11) is 1.61. The summed E-state index contributed by atoms with van der Waals surface area (Å²) in [5, 5.41) is 5.07. The molecule has 0 spiro atoms. The summed E-state index contributed by atoms with van der Waals surface area (Å²) in [6.45, 7) is 1.69. The number of nitrogens with one attached hydrogen (secondary N) is 2. The Kier molecular flexibility index (Phi) is 4.26. The minimum atomic E-state index is -0.332. The first-order valence-corrected chi connectivity index (χ1v) is 8.37. The number of carbonyl (C=O) groups excluding carboxylic acids is 1. The molecule has 2 aromatic heterocycles. The standard InChI is InChI=1S/C15H13N3O3S2/c1-8-12(23-15(20)16-8)13(19)18-14-17-11(7-22-14)9-3-5-10(21-2)6-4-9/h3-7H,1-2H3,(H,16,20)(H,17,18,19). The molecule has 118 valence electrons. The van der Waals surface area contributed by atoms with Crippen LogP contribution in [0.2, 0.25) is 0 Å². The third-order valence-corrected chi connectivity index (χ3v) is 4.88. The number of hydrogen-bond acceptors (Lipinski definition) is 6. The zero-order valence-corrected chi connectivity index (χ0v) is 14.0. The van der Waals surface area contributed by atoms with Crippen LogP contribution >= 0.6 is 22.7 Å². The monoisotopic (exact) mass is 347 g/mol. The van der Waals surface area contributed by atoms with Crippen LogP contribution in [0.25, 0.3) is 11.3 Å². The van der Waals surface area contributed by atoms with Crippen molar-refractivity contribution in [1.82, 2.24) is 9.97 Å². The normalized spacial score (nSPS) is 10.5. The van der Waals surface area contributed by atoms with Crippen molar-refractivity contribution >= 4 is 33.7 Å². The van der Waals surface area contributed by atoms with E-state index in [1.807, 2.05) is 29.6 Å². The number of anilines is 1. The fraction of sp³-hybridized carbons (Fsp3) is 0.133. The van der Waals surface area contributed by atoms with Crippen molar-refractivity contribution in [3.8, 4) is 17.0 Å². The van der Waals surface area contributed by atoms with E-state index in [4.69, 9.17) is 4.74 Å². The van der Waals surface area contributed by atoms with Gasteiger partial charge in [-0.2, -0.15) is 0 Å². The largest absolute Gasteiger partial charge is 0.497 e. The van der Waals surface area contributed by atoms with Crippen molar-refractivity contribution in [2.24, 2.45) is 0 Å². The van der Waals surface area contributed by atoms with E-state index < -0.39 is 0 Å². The van der Waals surface area contributed by atoms with Crippen molar-refractivity contribution < 1.29 is 9.53 Å². The van der Waals surface area contributed by atoms with Gasteiger partial charge in [-0.1, -0.05) is 11.3 Å². The van der Waals surface area contributed by atoms with Gasteiger partial charge < -0.3 is 9.72 Å². The SMILES string of the molecule is COc1ccc(-c2csc(NC(=O)c3sc(=O)[nH]c3C)n2)cc1. The maximum Gasteiger partial charge on any atom is 0.305 e. The van der Waals surface area contributed by atoms with E-state index in [-0.39, 0.29) is 10.8 Å². The number of benzene rings is 1. The van der Waals surface area contributed by atoms with Gasteiger partial charge in [-0.25, -0.2) is 4.98 Å². The molecule has 3 aromatic rings. The first-order chi connectivity index (χ1) is 11.1. The molecular weight excluding hydrogens is 334 g/mol. The van der Waals surface area contributed by atoms with E-state index in [1.165, 1.54) is 11.3 Å². The number of ether oxygens (including phenoxy) is 1. The Morgan fingerprint density at radius 2 is 2.04 bits per heavy atom. The molecule has 0 radical (unpaired) electrons. The molecule has 0 aliphatic heterocycles. The van der Waals surface area contributed by atoms with Gasteiger partial charge in [-0.15, -0.1) is 11.3 Å². The molecule has 0 aliphatic carbocycles. The molecule has 2 N–H and O–H groups in total. The highest BCUT2D eigenvalue weighted by atomic mass is 32.1. The average Bonchev–Trinajstić information content (AvgIpc) is 3.13. The molecule has 0 bridgehead atoms. The second kappa shape index (κ2) is 6.35. The van der Waals surface area contributed by atoms with Crippen LogP contribution in [0.3, 0.4) is 0 Å². The summed E-state index contributed by atoms with van der Waals surface area (Å²) in [6.07, 6.45) is 0. The van der Waals surface area contributed by atoms with Gasteiger partial charge in [0.2, 0.25) is 0 Å². The molecule has 2 heterocycles. The fourth-order valence-corrected chi connectivity index (χ4v) is 3.45. The molecule has 0 saturated carbocycles. The predicted octanol–water partition coefficient (Wildman–Crippen LogP) is 3.13. The van der Waals surface area contributed by atoms with Crippen LogP contribution in [0, 0.1) is 6.92 Å². The summed E-state index contributed by atoms with van der Waals surface area (Å²) in [6, 6.07) is 7.52. The minimum absolute atomic E-state index is 0.245. The lowest BCUT2D eigenvalue weighted by atomic mass is 10.2. The first kappa shape index (κ1) is 15.4. The van der Waals surface area contributed by atoms with Crippen molar-refractivity contribution in [1.29, 1.82) is 0 Å². The summed E-state index contributed by atoms with van der Waals surface area (Å²) >= 11 is 2.22. The average molecular weight is 347 g/mol. The number of hydrogen-bond donors (Lipinski definition) is 2. The molecular formula is C15H13N3O3S2. The zero-order valence-electron chi connectivity index (χ0n) is 12.4. The first-order valence-electron chi connectivity index (χ1n) is 6.68. The number of aromatic amines is 1. The lowest BCUT2D eigenvalue weighted by Crippen LogP contribution is -2.11. The second-order valence-electron chi connectivity index (χ2n) is 4.69. The van der Waals surface area contributed by atoms with Crippen LogP contribution in [-0.4, -0.2) is 23.0 Å². The molecule has 0 atom stereocenters. The highest BCUT2D eigenvalue weighted by Gasteiger charge is 2.15. The van der Waals surface area contributed by atoms with Gasteiger partial charge in [-0.3, -0.25) is 14.9 Å². The molecule has 0 fully saturated rings. The number of amides is 1. The summed E-state index contributed by atoms with van der Waals surface area (Å²) in [5.74, 6) is 0.442. The van der Waals surface area contributed by atoms with E-state index in [0.717, 1.165) is 28.3 Å². The number of nitrogens with zero attached hydrogens (tertiary/aromatic N) is 1. The van der Waals surface area contributed by atoms with Gasteiger partial charge in [0.25, 0.3) is 5.91 Å². The van der Waals surface area contributed by atoms with Crippen molar-refractivity contribution in [3.05, 3.63) is 49.9 Å². The molecule has 3 rings (SSSR count). The van der Waals surface area contributed by atoms with E-state index in [9.17, 15) is 9.59 Å². The quantitative estimate of drug-likeness (QED) is 0.759. The highest BCUT2D eigenvalue weighted by Crippen LogP contribution is 2.27. The number of aryl methyl sites for hydroxylation is 1. The lowest BCUT2D eigenvalue weighted by molar-refractivity contribution is 0.103. The zero-order chi connectivity index (χ0) is 16.4. The smallest absolute Gasteiger partial charge is 0.305 e. The topological polar surface area (TPSA) is 84.1 Å². The summed E-state index contributed by atoms with van der Waals surface area (Å²) < 4.78 is 5.12. The summed E-state index contributed by atoms with van der Waals surface area (Å²) in [4.78, 5) is 30.6. The third-order valence-electron chi connectivity index (χ3n) is 3.14. The maximum atomic E-state index is 12.2. The number of methoxy groups -OCH3 is 1. The number of rotatable bonds is 4. The van der Waals surface area contributed by atoms with Gasteiger partial charge in [-0.05, 0) is 31.2 Å². The molecule has 6 nitrogen and oxygen atoms in total. The van der Waals surface area contributed by atoms with Gasteiger partial charge >= 0.3 is 4.87 Å². The van der Waals surface area contributed by atoms with E-state index in [0.29, 0.717) is 15.7 Å². The predicted molar refractivity (Wildman–Crippen MR) is 91.7 cm³/mol. The van der Waals surface area contributed by atoms with Gasteiger partial charge in [0.15, 0.2) is 5.13 Å². The Balaban J connectivity index is 1.77. The molecule has 1 aromatic carbocycles. The summed E-state index contributed by atoms with van der Waals surface area (Å²) in [5.41, 5.74) is 2.27. The van der Waals surface area contributed by atoms with Crippen molar-refractivity contribution in [3.63, 3.8) is 0 Å². The second-order valence-corrected chi connectivity index (χ2v) is 6.53. The Morgan fingerprint density at radius 3 is 2.65 bits per heavy atom. The maximum absolute atomic E-state index is 12.2. The number of thiazole rings is 2. The van der Waals surface area contributed by atoms with Crippen molar-refractivity contribution in [2.75, 3.05) is 12.4 Å². The van der Waals surface area contributed by atoms with Crippen LogP contribution in [0.15, 0.2) is 34.4 Å². The van der Waals surface area contributed by atoms with Gasteiger partial charge in [0.05, 0.1) is 12.8 Å². The minimum Gasteiger partial charge on any atom is -0.497 e. The fourth-order valence-electron chi connectivity index (χ4n) is 2.00. The Labute approximate surface area is 139 Å².